The lowest BCUT2D eigenvalue weighted by atomic mass is 10.0. The number of quaternary nitrogens is 1. The molecule has 1 unspecified atom stereocenters. The number of hydrogen-bond acceptors (Lipinski definition) is 3. The van der Waals surface area contributed by atoms with Gasteiger partial charge in [0, 0.05) is 11.5 Å². The quantitative estimate of drug-likeness (QED) is 0.728. The Hall–Kier alpha value is -2.66. The van der Waals surface area contributed by atoms with Gasteiger partial charge in [0.05, 0.1) is 7.11 Å². The fraction of sp³-hybridized carbons (Fsp3) is 0.100. The summed E-state index contributed by atoms with van der Waals surface area (Å²) in [6.45, 7) is 0. The van der Waals surface area contributed by atoms with Crippen LogP contribution in [0.1, 0.15) is 16.7 Å². The van der Waals surface area contributed by atoms with E-state index in [-0.39, 0.29) is 0 Å². The highest BCUT2D eigenvalue weighted by Gasteiger charge is 2.22. The standard InChI is InChI=1S/C20H17NO3/c1-24-16-7-5-13(6-8-16)11-15-12-14-3-2-4-18-19(21(22)23)10-9-17(15)20(14)18/h2-11,21-22H,12H2,1H3/b15-11+. The lowest BCUT2D eigenvalue weighted by molar-refractivity contribution is -0.990. The molecule has 0 fully saturated rings. The van der Waals surface area contributed by atoms with Gasteiger partial charge in [0.1, 0.15) is 5.75 Å². The summed E-state index contributed by atoms with van der Waals surface area (Å²) in [7, 11) is 1.65. The minimum absolute atomic E-state index is 0.362. The third-order valence-electron chi connectivity index (χ3n) is 4.54. The van der Waals surface area contributed by atoms with E-state index in [4.69, 9.17) is 4.74 Å². The third kappa shape index (κ3) is 2.37. The van der Waals surface area contributed by atoms with E-state index in [1.165, 1.54) is 11.1 Å². The number of allylic oxidation sites excluding steroid dienone is 1. The summed E-state index contributed by atoms with van der Waals surface area (Å²) in [6.07, 6.45) is 2.98. The van der Waals surface area contributed by atoms with Crippen molar-refractivity contribution in [3.63, 3.8) is 0 Å². The molecule has 4 heteroatoms. The summed E-state index contributed by atoms with van der Waals surface area (Å²) in [4.78, 5) is 0. The molecule has 0 radical (unpaired) electrons. The molecule has 4 nitrogen and oxygen atoms in total. The summed E-state index contributed by atoms with van der Waals surface area (Å²) in [5, 5.41) is 21.9. The Morgan fingerprint density at radius 3 is 2.58 bits per heavy atom. The summed E-state index contributed by atoms with van der Waals surface area (Å²) in [5.74, 6) is 0.833. The van der Waals surface area contributed by atoms with Crippen LogP contribution in [-0.2, 0) is 6.42 Å². The Balaban J connectivity index is 1.84. The van der Waals surface area contributed by atoms with Gasteiger partial charge in [0.15, 0.2) is 5.69 Å². The monoisotopic (exact) mass is 319 g/mol. The predicted octanol–water partition coefficient (Wildman–Crippen LogP) is 3.35. The average molecular weight is 319 g/mol. The van der Waals surface area contributed by atoms with Gasteiger partial charge in [-0.1, -0.05) is 30.3 Å². The number of rotatable bonds is 3. The van der Waals surface area contributed by atoms with Crippen molar-refractivity contribution >= 4 is 28.1 Å². The van der Waals surface area contributed by atoms with Crippen LogP contribution in [0.5, 0.6) is 5.75 Å². The second kappa shape index (κ2) is 5.76. The molecule has 0 heterocycles. The molecule has 0 saturated heterocycles. The summed E-state index contributed by atoms with van der Waals surface area (Å²) < 4.78 is 5.20. The fourth-order valence-electron chi connectivity index (χ4n) is 3.41. The van der Waals surface area contributed by atoms with Crippen molar-refractivity contribution in [2.75, 3.05) is 7.11 Å². The van der Waals surface area contributed by atoms with Gasteiger partial charge in [-0.15, -0.1) is 0 Å². The molecule has 0 saturated carbocycles. The Labute approximate surface area is 139 Å². The molecule has 1 aliphatic carbocycles. The third-order valence-corrected chi connectivity index (χ3v) is 4.54. The maximum atomic E-state index is 11.5. The molecule has 24 heavy (non-hydrogen) atoms. The van der Waals surface area contributed by atoms with Gasteiger partial charge in [0.2, 0.25) is 0 Å². The van der Waals surface area contributed by atoms with Crippen molar-refractivity contribution in [2.24, 2.45) is 0 Å². The molecule has 1 aliphatic rings. The second-order valence-corrected chi connectivity index (χ2v) is 5.93. The number of benzene rings is 3. The number of nitrogens with one attached hydrogen (secondary N) is 1. The van der Waals surface area contributed by atoms with Crippen molar-refractivity contribution in [3.8, 4) is 5.75 Å². The Kier molecular flexibility index (Phi) is 3.58. The Bertz CT molecular complexity index is 943. The molecule has 1 atom stereocenters. The normalized spacial score (nSPS) is 15.9. The smallest absolute Gasteiger partial charge is 0.171 e. The van der Waals surface area contributed by atoms with E-state index < -0.39 is 5.23 Å². The lowest BCUT2D eigenvalue weighted by Crippen LogP contribution is -2.99. The number of methoxy groups -OCH3 is 1. The van der Waals surface area contributed by atoms with E-state index in [1.807, 2.05) is 42.5 Å². The van der Waals surface area contributed by atoms with Crippen LogP contribution in [0.2, 0.25) is 0 Å². The van der Waals surface area contributed by atoms with E-state index in [0.29, 0.717) is 5.69 Å². The Morgan fingerprint density at radius 2 is 1.88 bits per heavy atom. The highest BCUT2D eigenvalue weighted by atomic mass is 16.8. The van der Waals surface area contributed by atoms with Gasteiger partial charge >= 0.3 is 0 Å². The fourth-order valence-corrected chi connectivity index (χ4v) is 3.41. The first-order valence-electron chi connectivity index (χ1n) is 7.80. The van der Waals surface area contributed by atoms with E-state index >= 15 is 0 Å². The van der Waals surface area contributed by atoms with Crippen molar-refractivity contribution in [3.05, 3.63) is 76.5 Å². The van der Waals surface area contributed by atoms with Crippen molar-refractivity contribution in [1.29, 1.82) is 0 Å². The van der Waals surface area contributed by atoms with Crippen molar-refractivity contribution < 1.29 is 15.2 Å². The van der Waals surface area contributed by atoms with Crippen molar-refractivity contribution in [2.45, 2.75) is 6.42 Å². The molecule has 0 amide bonds. The minimum Gasteiger partial charge on any atom is -0.595 e. The first kappa shape index (κ1) is 14.9. The Morgan fingerprint density at radius 1 is 1.08 bits per heavy atom. The van der Waals surface area contributed by atoms with E-state index in [1.54, 1.807) is 13.2 Å². The highest BCUT2D eigenvalue weighted by molar-refractivity contribution is 6.07. The summed E-state index contributed by atoms with van der Waals surface area (Å²) in [5.41, 5.74) is 4.99. The molecule has 0 aromatic heterocycles. The zero-order valence-corrected chi connectivity index (χ0v) is 13.2. The van der Waals surface area contributed by atoms with Gasteiger partial charge in [-0.2, -0.15) is 5.23 Å². The van der Waals surface area contributed by atoms with Crippen molar-refractivity contribution in [1.82, 2.24) is 0 Å². The van der Waals surface area contributed by atoms with Crippen LogP contribution in [0.15, 0.2) is 54.6 Å². The molecule has 0 bridgehead atoms. The second-order valence-electron chi connectivity index (χ2n) is 5.93. The van der Waals surface area contributed by atoms with Crippen LogP contribution in [0.25, 0.3) is 22.4 Å². The summed E-state index contributed by atoms with van der Waals surface area (Å²) >= 11 is 0. The van der Waals surface area contributed by atoms with E-state index in [2.05, 4.69) is 12.1 Å². The maximum absolute atomic E-state index is 11.5. The van der Waals surface area contributed by atoms with Crippen LogP contribution in [0.4, 0.5) is 5.69 Å². The van der Waals surface area contributed by atoms with E-state index in [9.17, 15) is 10.4 Å². The first-order chi connectivity index (χ1) is 11.7. The molecule has 0 aliphatic heterocycles. The molecule has 120 valence electrons. The topological polar surface area (TPSA) is 57.0 Å². The maximum Gasteiger partial charge on any atom is 0.171 e. The lowest BCUT2D eigenvalue weighted by Gasteiger charge is -2.14. The highest BCUT2D eigenvalue weighted by Crippen LogP contribution is 2.40. The zero-order valence-electron chi connectivity index (χ0n) is 13.2. The SMILES string of the molecule is COc1ccc(/C=C2\Cc3cccc4c([NH+]([O-])O)ccc2c34)cc1. The molecule has 2 N–H and O–H groups in total. The molecule has 4 rings (SSSR count). The van der Waals surface area contributed by atoms with Crippen LogP contribution < -0.4 is 9.96 Å². The summed E-state index contributed by atoms with van der Waals surface area (Å²) in [6, 6.07) is 17.5. The number of ether oxygens (including phenoxy) is 1. The molecule has 3 aromatic carbocycles. The van der Waals surface area contributed by atoms with Crippen LogP contribution in [0, 0.1) is 5.21 Å². The first-order valence-corrected chi connectivity index (χ1v) is 7.80. The predicted molar refractivity (Wildman–Crippen MR) is 94.3 cm³/mol. The molecular formula is C20H17NO3. The zero-order chi connectivity index (χ0) is 16.7. The molecule has 3 aromatic rings. The molecule has 0 spiro atoms. The molecular weight excluding hydrogens is 302 g/mol. The van der Waals surface area contributed by atoms with Crippen LogP contribution in [-0.4, -0.2) is 12.3 Å². The van der Waals surface area contributed by atoms with E-state index in [0.717, 1.165) is 34.1 Å². The van der Waals surface area contributed by atoms with Gasteiger partial charge < -0.3 is 9.94 Å². The minimum atomic E-state index is -0.883. The van der Waals surface area contributed by atoms with Crippen LogP contribution in [0.3, 0.4) is 0 Å². The van der Waals surface area contributed by atoms with Gasteiger partial charge in [-0.25, -0.2) is 5.21 Å². The van der Waals surface area contributed by atoms with Gasteiger partial charge in [0.25, 0.3) is 0 Å². The van der Waals surface area contributed by atoms with Crippen LogP contribution >= 0.6 is 0 Å². The largest absolute Gasteiger partial charge is 0.595 e. The van der Waals surface area contributed by atoms with Gasteiger partial charge in [-0.05, 0) is 58.3 Å². The van der Waals surface area contributed by atoms with Gasteiger partial charge in [-0.3, -0.25) is 0 Å². The average Bonchev–Trinajstić information content (AvgIpc) is 2.95. The number of hydrogen-bond donors (Lipinski definition) is 2.